The minimum Gasteiger partial charge on any atom is -0.459 e. The highest BCUT2D eigenvalue weighted by Gasteiger charge is 2.16. The van der Waals surface area contributed by atoms with Gasteiger partial charge in [-0.15, -0.1) is 0 Å². The minimum atomic E-state index is -0.447. The van der Waals surface area contributed by atoms with Crippen molar-refractivity contribution in [2.24, 2.45) is 0 Å². The van der Waals surface area contributed by atoms with Crippen molar-refractivity contribution in [2.75, 3.05) is 13.1 Å². The second-order valence-corrected chi connectivity index (χ2v) is 2.92. The Kier molecular flexibility index (Phi) is 2.35. The normalized spacial score (nSPS) is 21.8. The summed E-state index contributed by atoms with van der Waals surface area (Å²) in [5.74, 6) is -0.447. The molecule has 0 saturated carbocycles. The predicted octanol–water partition coefficient (Wildman–Crippen LogP) is 0.356. The zero-order valence-electron chi connectivity index (χ0n) is 7.03. The van der Waals surface area contributed by atoms with Crippen LogP contribution in [0.4, 0.5) is 4.39 Å². The van der Waals surface area contributed by atoms with Crippen LogP contribution < -0.4 is 10.1 Å². The largest absolute Gasteiger partial charge is 0.459 e. The van der Waals surface area contributed by atoms with Crippen LogP contribution in [0.2, 0.25) is 0 Å². The Morgan fingerprint density at radius 3 is 2.85 bits per heavy atom. The van der Waals surface area contributed by atoms with Gasteiger partial charge in [0, 0.05) is 6.54 Å². The summed E-state index contributed by atoms with van der Waals surface area (Å²) in [6.45, 7) is 1.76. The Morgan fingerprint density at radius 1 is 1.46 bits per heavy atom. The Hall–Kier alpha value is -1.23. The number of hydrogen-bond acceptors (Lipinski definition) is 4. The van der Waals surface area contributed by atoms with E-state index in [0.717, 1.165) is 31.9 Å². The third kappa shape index (κ3) is 2.12. The van der Waals surface area contributed by atoms with Gasteiger partial charge >= 0.3 is 6.01 Å². The van der Waals surface area contributed by atoms with Gasteiger partial charge in [-0.05, 0) is 13.0 Å². The average Bonchev–Trinajstić information content (AvgIpc) is 2.62. The average molecular weight is 183 g/mol. The Balaban J connectivity index is 1.97. The highest BCUT2D eigenvalue weighted by molar-refractivity contribution is 4.97. The Bertz CT molecular complexity index is 271. The summed E-state index contributed by atoms with van der Waals surface area (Å²) in [7, 11) is 0. The number of aromatic nitrogens is 2. The van der Waals surface area contributed by atoms with Crippen molar-refractivity contribution in [3.63, 3.8) is 0 Å². The summed E-state index contributed by atoms with van der Waals surface area (Å²) in [5, 5.41) is 3.15. The lowest BCUT2D eigenvalue weighted by atomic mass is 10.3. The van der Waals surface area contributed by atoms with E-state index < -0.39 is 5.82 Å². The summed E-state index contributed by atoms with van der Waals surface area (Å²) in [4.78, 5) is 7.41. The third-order valence-corrected chi connectivity index (χ3v) is 1.88. The maximum atomic E-state index is 12.4. The van der Waals surface area contributed by atoms with Crippen LogP contribution in [0.3, 0.4) is 0 Å². The third-order valence-electron chi connectivity index (χ3n) is 1.88. The molecule has 1 N–H and O–H groups in total. The fourth-order valence-electron chi connectivity index (χ4n) is 1.24. The summed E-state index contributed by atoms with van der Waals surface area (Å²) < 4.78 is 17.8. The van der Waals surface area contributed by atoms with E-state index in [1.54, 1.807) is 0 Å². The predicted molar refractivity (Wildman–Crippen MR) is 43.9 cm³/mol. The molecule has 0 unspecified atom stereocenters. The highest BCUT2D eigenvalue weighted by Crippen LogP contribution is 2.08. The van der Waals surface area contributed by atoms with Crippen LogP contribution in [0.25, 0.3) is 0 Å². The summed E-state index contributed by atoms with van der Waals surface area (Å²) >= 11 is 0. The van der Waals surface area contributed by atoms with Crippen molar-refractivity contribution < 1.29 is 9.13 Å². The molecule has 0 radical (unpaired) electrons. The van der Waals surface area contributed by atoms with Crippen LogP contribution in [0, 0.1) is 5.82 Å². The van der Waals surface area contributed by atoms with Crippen LogP contribution in [-0.2, 0) is 0 Å². The molecule has 2 rings (SSSR count). The van der Waals surface area contributed by atoms with Gasteiger partial charge in [0.15, 0.2) is 5.82 Å². The van der Waals surface area contributed by atoms with Gasteiger partial charge in [-0.2, -0.15) is 0 Å². The minimum absolute atomic E-state index is 0.116. The maximum absolute atomic E-state index is 12.4. The van der Waals surface area contributed by atoms with Gasteiger partial charge in [0.25, 0.3) is 0 Å². The van der Waals surface area contributed by atoms with Crippen molar-refractivity contribution >= 4 is 0 Å². The molecule has 0 amide bonds. The first kappa shape index (κ1) is 8.37. The molecule has 1 atom stereocenters. The molecule has 13 heavy (non-hydrogen) atoms. The molecule has 0 bridgehead atoms. The van der Waals surface area contributed by atoms with E-state index in [2.05, 4.69) is 15.3 Å². The summed E-state index contributed by atoms with van der Waals surface area (Å²) in [5.41, 5.74) is 0. The monoisotopic (exact) mass is 183 g/mol. The van der Waals surface area contributed by atoms with E-state index in [1.807, 2.05) is 0 Å². The number of nitrogens with zero attached hydrogens (tertiary/aromatic N) is 2. The molecule has 1 saturated heterocycles. The molecule has 0 aliphatic carbocycles. The first-order valence-corrected chi connectivity index (χ1v) is 4.19. The van der Waals surface area contributed by atoms with Crippen molar-refractivity contribution in [2.45, 2.75) is 12.5 Å². The highest BCUT2D eigenvalue weighted by atomic mass is 19.1. The van der Waals surface area contributed by atoms with Gasteiger partial charge in [-0.3, -0.25) is 0 Å². The molecule has 5 heteroatoms. The van der Waals surface area contributed by atoms with E-state index >= 15 is 0 Å². The van der Waals surface area contributed by atoms with Crippen molar-refractivity contribution in [1.29, 1.82) is 0 Å². The molecule has 1 aliphatic heterocycles. The van der Waals surface area contributed by atoms with Gasteiger partial charge < -0.3 is 10.1 Å². The van der Waals surface area contributed by atoms with Gasteiger partial charge in [-0.25, -0.2) is 14.4 Å². The second-order valence-electron chi connectivity index (χ2n) is 2.92. The summed E-state index contributed by atoms with van der Waals surface area (Å²) in [6.07, 6.45) is 3.27. The zero-order chi connectivity index (χ0) is 9.10. The van der Waals surface area contributed by atoms with Gasteiger partial charge in [0.05, 0.1) is 12.4 Å². The van der Waals surface area contributed by atoms with Gasteiger partial charge in [-0.1, -0.05) is 0 Å². The number of nitrogens with one attached hydrogen (secondary N) is 1. The SMILES string of the molecule is Fc1cnc(O[C@@H]2CCNC2)nc1. The van der Waals surface area contributed by atoms with E-state index in [1.165, 1.54) is 0 Å². The fraction of sp³-hybridized carbons (Fsp3) is 0.500. The van der Waals surface area contributed by atoms with Crippen molar-refractivity contribution in [3.8, 4) is 6.01 Å². The Morgan fingerprint density at radius 2 is 2.23 bits per heavy atom. The number of ether oxygens (including phenoxy) is 1. The zero-order valence-corrected chi connectivity index (χ0v) is 7.03. The van der Waals surface area contributed by atoms with Crippen LogP contribution >= 0.6 is 0 Å². The first-order chi connectivity index (χ1) is 6.34. The molecular formula is C8H10FN3O. The van der Waals surface area contributed by atoms with Crippen molar-refractivity contribution in [3.05, 3.63) is 18.2 Å². The molecule has 2 heterocycles. The Labute approximate surface area is 75.2 Å². The summed E-state index contributed by atoms with van der Waals surface area (Å²) in [6, 6.07) is 0.245. The van der Waals surface area contributed by atoms with Crippen molar-refractivity contribution in [1.82, 2.24) is 15.3 Å². The smallest absolute Gasteiger partial charge is 0.316 e. The number of hydrogen-bond donors (Lipinski definition) is 1. The first-order valence-electron chi connectivity index (χ1n) is 4.19. The molecule has 0 aromatic carbocycles. The maximum Gasteiger partial charge on any atom is 0.316 e. The van der Waals surface area contributed by atoms with Gasteiger partial charge in [0.1, 0.15) is 6.10 Å². The molecule has 70 valence electrons. The molecule has 0 spiro atoms. The molecule has 1 aromatic rings. The number of rotatable bonds is 2. The molecule has 1 fully saturated rings. The van der Waals surface area contributed by atoms with E-state index in [0.29, 0.717) is 0 Å². The molecule has 1 aliphatic rings. The van der Waals surface area contributed by atoms with E-state index in [4.69, 9.17) is 4.74 Å². The van der Waals surface area contributed by atoms with Crippen LogP contribution in [-0.4, -0.2) is 29.2 Å². The number of halogens is 1. The van der Waals surface area contributed by atoms with E-state index in [-0.39, 0.29) is 12.1 Å². The fourth-order valence-corrected chi connectivity index (χ4v) is 1.24. The topological polar surface area (TPSA) is 47.0 Å². The molecule has 1 aromatic heterocycles. The van der Waals surface area contributed by atoms with Crippen LogP contribution in [0.1, 0.15) is 6.42 Å². The van der Waals surface area contributed by atoms with Crippen LogP contribution in [0.5, 0.6) is 6.01 Å². The molecular weight excluding hydrogens is 173 g/mol. The lowest BCUT2D eigenvalue weighted by Crippen LogP contribution is -2.20. The van der Waals surface area contributed by atoms with E-state index in [9.17, 15) is 4.39 Å². The quantitative estimate of drug-likeness (QED) is 0.719. The second kappa shape index (κ2) is 3.66. The van der Waals surface area contributed by atoms with Gasteiger partial charge in [0.2, 0.25) is 0 Å². The molecule has 4 nitrogen and oxygen atoms in total. The van der Waals surface area contributed by atoms with Crippen LogP contribution in [0.15, 0.2) is 12.4 Å². The lowest BCUT2D eigenvalue weighted by molar-refractivity contribution is 0.203. The standard InChI is InChI=1S/C8H10FN3O/c9-6-3-11-8(12-4-6)13-7-1-2-10-5-7/h3-4,7,10H,1-2,5H2/t7-/m1/s1. The lowest BCUT2D eigenvalue weighted by Gasteiger charge is -2.09.